The van der Waals surface area contributed by atoms with Crippen LogP contribution in [-0.4, -0.2) is 60.0 Å². The fourth-order valence-electron chi connectivity index (χ4n) is 2.07. The average Bonchev–Trinajstić information content (AvgIpc) is 2.93. The van der Waals surface area contributed by atoms with E-state index >= 15 is 0 Å². The van der Waals surface area contributed by atoms with Crippen LogP contribution in [-0.2, 0) is 4.74 Å². The maximum absolute atomic E-state index is 9.90. The number of aliphatic hydroxyl groups excluding tert-OH is 3. The summed E-state index contributed by atoms with van der Waals surface area (Å²) in [6.07, 6.45) is 0.463. The maximum Gasteiger partial charge on any atom is 0.179 e. The van der Waals surface area contributed by atoms with E-state index in [2.05, 4.69) is 15.1 Å². The average molecular weight is 252 g/mol. The Labute approximate surface area is 101 Å². The SMILES string of the molecule is OC[C@H]1OC(n2ncc3ncncc32)[C@H](O)[C@@H]1O. The van der Waals surface area contributed by atoms with Crippen molar-refractivity contribution in [3.8, 4) is 0 Å². The van der Waals surface area contributed by atoms with Crippen molar-refractivity contribution >= 4 is 11.0 Å². The molecular weight excluding hydrogens is 240 g/mol. The molecule has 96 valence electrons. The summed E-state index contributed by atoms with van der Waals surface area (Å²) < 4.78 is 6.78. The van der Waals surface area contributed by atoms with Gasteiger partial charge in [0, 0.05) is 0 Å². The van der Waals surface area contributed by atoms with Gasteiger partial charge >= 0.3 is 0 Å². The van der Waals surface area contributed by atoms with Crippen LogP contribution in [0.4, 0.5) is 0 Å². The van der Waals surface area contributed by atoms with Crippen LogP contribution in [0.2, 0.25) is 0 Å². The topological polar surface area (TPSA) is 114 Å². The smallest absolute Gasteiger partial charge is 0.179 e. The summed E-state index contributed by atoms with van der Waals surface area (Å²) in [5, 5.41) is 32.7. The molecule has 0 saturated carbocycles. The van der Waals surface area contributed by atoms with E-state index in [0.29, 0.717) is 11.0 Å². The summed E-state index contributed by atoms with van der Waals surface area (Å²) in [7, 11) is 0. The molecular formula is C10H12N4O4. The molecule has 1 aliphatic heterocycles. The molecule has 1 fully saturated rings. The molecule has 1 aliphatic rings. The fraction of sp³-hybridized carbons (Fsp3) is 0.500. The first-order valence-electron chi connectivity index (χ1n) is 5.48. The first-order valence-corrected chi connectivity index (χ1v) is 5.48. The third-order valence-corrected chi connectivity index (χ3v) is 3.03. The van der Waals surface area contributed by atoms with E-state index in [9.17, 15) is 10.2 Å². The van der Waals surface area contributed by atoms with E-state index < -0.39 is 24.5 Å². The Bertz CT molecular complexity index is 560. The molecule has 8 heteroatoms. The highest BCUT2D eigenvalue weighted by Gasteiger charge is 2.44. The molecule has 1 unspecified atom stereocenters. The Morgan fingerprint density at radius 3 is 2.83 bits per heavy atom. The zero-order chi connectivity index (χ0) is 12.7. The highest BCUT2D eigenvalue weighted by molar-refractivity contribution is 5.72. The Balaban J connectivity index is 2.00. The van der Waals surface area contributed by atoms with E-state index in [1.54, 1.807) is 6.20 Å². The Kier molecular flexibility index (Phi) is 2.71. The minimum Gasteiger partial charge on any atom is -0.394 e. The van der Waals surface area contributed by atoms with Gasteiger partial charge in [-0.3, -0.25) is 0 Å². The van der Waals surface area contributed by atoms with Gasteiger partial charge in [0.1, 0.15) is 35.7 Å². The number of aromatic nitrogens is 4. The second-order valence-corrected chi connectivity index (χ2v) is 4.11. The molecule has 0 aromatic carbocycles. The number of fused-ring (bicyclic) bond motifs is 1. The largest absolute Gasteiger partial charge is 0.394 e. The molecule has 8 nitrogen and oxygen atoms in total. The summed E-state index contributed by atoms with van der Waals surface area (Å²) in [6, 6.07) is 0. The number of rotatable bonds is 2. The van der Waals surface area contributed by atoms with E-state index in [1.807, 2.05) is 0 Å². The van der Waals surface area contributed by atoms with Gasteiger partial charge in [-0.15, -0.1) is 0 Å². The summed E-state index contributed by atoms with van der Waals surface area (Å²) in [4.78, 5) is 7.89. The monoisotopic (exact) mass is 252 g/mol. The van der Waals surface area contributed by atoms with Crippen molar-refractivity contribution in [2.24, 2.45) is 0 Å². The zero-order valence-corrected chi connectivity index (χ0v) is 9.29. The van der Waals surface area contributed by atoms with Gasteiger partial charge in [0.25, 0.3) is 0 Å². The third kappa shape index (κ3) is 1.58. The van der Waals surface area contributed by atoms with Gasteiger partial charge in [-0.2, -0.15) is 5.10 Å². The number of nitrogens with zero attached hydrogens (tertiary/aromatic N) is 4. The van der Waals surface area contributed by atoms with E-state index in [1.165, 1.54) is 17.2 Å². The summed E-state index contributed by atoms with van der Waals surface area (Å²) in [5.74, 6) is 0. The number of aliphatic hydroxyl groups is 3. The molecule has 2 aromatic rings. The van der Waals surface area contributed by atoms with Gasteiger partial charge in [0.05, 0.1) is 19.0 Å². The van der Waals surface area contributed by atoms with Crippen molar-refractivity contribution in [1.82, 2.24) is 19.7 Å². The standard InChI is InChI=1S/C10H12N4O4/c15-3-7-8(16)9(17)10(18-7)14-6-2-11-4-12-5(6)1-13-14/h1-2,4,7-10,15-17H,3H2/t7-,8-,9-,10?/m1/s1. The van der Waals surface area contributed by atoms with Gasteiger partial charge in [0.2, 0.25) is 0 Å². The van der Waals surface area contributed by atoms with E-state index in [-0.39, 0.29) is 6.61 Å². The molecule has 18 heavy (non-hydrogen) atoms. The van der Waals surface area contributed by atoms with Gasteiger partial charge in [-0.05, 0) is 0 Å². The summed E-state index contributed by atoms with van der Waals surface area (Å²) >= 11 is 0. The third-order valence-electron chi connectivity index (χ3n) is 3.03. The first kappa shape index (κ1) is 11.5. The molecule has 0 aliphatic carbocycles. The molecule has 3 heterocycles. The highest BCUT2D eigenvalue weighted by atomic mass is 16.6. The van der Waals surface area contributed by atoms with Gasteiger partial charge in [-0.1, -0.05) is 0 Å². The normalized spacial score (nSPS) is 32.2. The van der Waals surface area contributed by atoms with Crippen molar-refractivity contribution < 1.29 is 20.1 Å². The Morgan fingerprint density at radius 2 is 2.11 bits per heavy atom. The van der Waals surface area contributed by atoms with Gasteiger partial charge in [0.15, 0.2) is 6.23 Å². The van der Waals surface area contributed by atoms with Crippen molar-refractivity contribution in [2.75, 3.05) is 6.61 Å². The van der Waals surface area contributed by atoms with E-state index in [0.717, 1.165) is 0 Å². The summed E-state index contributed by atoms with van der Waals surface area (Å²) in [6.45, 7) is -0.371. The van der Waals surface area contributed by atoms with Crippen molar-refractivity contribution in [3.63, 3.8) is 0 Å². The first-order chi connectivity index (χ1) is 8.72. The predicted molar refractivity (Wildman–Crippen MR) is 58.3 cm³/mol. The van der Waals surface area contributed by atoms with Crippen LogP contribution in [0.3, 0.4) is 0 Å². The van der Waals surface area contributed by atoms with Crippen LogP contribution in [0, 0.1) is 0 Å². The molecule has 2 aromatic heterocycles. The van der Waals surface area contributed by atoms with Gasteiger partial charge in [-0.25, -0.2) is 14.6 Å². The van der Waals surface area contributed by atoms with Crippen LogP contribution >= 0.6 is 0 Å². The second-order valence-electron chi connectivity index (χ2n) is 4.11. The fourth-order valence-corrected chi connectivity index (χ4v) is 2.07. The summed E-state index contributed by atoms with van der Waals surface area (Å²) in [5.41, 5.74) is 1.20. The molecule has 0 radical (unpaired) electrons. The minimum absolute atomic E-state index is 0.371. The molecule has 3 N–H and O–H groups in total. The van der Waals surface area contributed by atoms with Crippen LogP contribution < -0.4 is 0 Å². The minimum atomic E-state index is -1.16. The van der Waals surface area contributed by atoms with Crippen LogP contribution in [0.1, 0.15) is 6.23 Å². The van der Waals surface area contributed by atoms with Crippen LogP contribution in [0.15, 0.2) is 18.7 Å². The van der Waals surface area contributed by atoms with E-state index in [4.69, 9.17) is 9.84 Å². The number of hydrogen-bond donors (Lipinski definition) is 3. The molecule has 0 bridgehead atoms. The molecule has 0 amide bonds. The van der Waals surface area contributed by atoms with Crippen molar-refractivity contribution in [3.05, 3.63) is 18.7 Å². The van der Waals surface area contributed by atoms with Gasteiger partial charge < -0.3 is 20.1 Å². The number of hydrogen-bond acceptors (Lipinski definition) is 7. The molecule has 3 rings (SSSR count). The highest BCUT2D eigenvalue weighted by Crippen LogP contribution is 2.30. The quantitative estimate of drug-likeness (QED) is 0.592. The lowest BCUT2D eigenvalue weighted by molar-refractivity contribution is -0.0564. The van der Waals surface area contributed by atoms with Crippen LogP contribution in [0.5, 0.6) is 0 Å². The molecule has 1 saturated heterocycles. The van der Waals surface area contributed by atoms with Crippen LogP contribution in [0.25, 0.3) is 11.0 Å². The lowest BCUT2D eigenvalue weighted by Crippen LogP contribution is -2.33. The Morgan fingerprint density at radius 1 is 1.28 bits per heavy atom. The molecule has 0 spiro atoms. The second kappa shape index (κ2) is 4.25. The number of ether oxygens (including phenoxy) is 1. The molecule has 4 atom stereocenters. The lowest BCUT2D eigenvalue weighted by Gasteiger charge is -2.15. The van der Waals surface area contributed by atoms with Crippen molar-refractivity contribution in [1.29, 1.82) is 0 Å². The predicted octanol–water partition coefficient (Wildman–Crippen LogP) is -1.56. The van der Waals surface area contributed by atoms with Crippen molar-refractivity contribution in [2.45, 2.75) is 24.5 Å². The Hall–Kier alpha value is -1.61. The zero-order valence-electron chi connectivity index (χ0n) is 9.29. The maximum atomic E-state index is 9.90. The lowest BCUT2D eigenvalue weighted by atomic mass is 10.1.